The van der Waals surface area contributed by atoms with Gasteiger partial charge in [0.1, 0.15) is 0 Å². The smallest absolute Gasteiger partial charge is 0.0876 e. The van der Waals surface area contributed by atoms with Crippen molar-refractivity contribution in [1.29, 1.82) is 0 Å². The van der Waals surface area contributed by atoms with Crippen LogP contribution in [0.2, 0.25) is 0 Å². The normalized spacial score (nSPS) is 21.4. The first-order valence-corrected chi connectivity index (χ1v) is 7.45. The Morgan fingerprint density at radius 2 is 2.29 bits per heavy atom. The van der Waals surface area contributed by atoms with Crippen molar-refractivity contribution >= 4 is 27.3 Å². The lowest BCUT2D eigenvalue weighted by Gasteiger charge is -2.40. The van der Waals surface area contributed by atoms with Crippen LogP contribution in [-0.2, 0) is 15.9 Å². The number of hydrogen-bond acceptors (Lipinski definition) is 4. The Bertz CT molecular complexity index is 363. The zero-order valence-corrected chi connectivity index (χ0v) is 12.4. The molecular formula is C12H18BrNO2S. The predicted molar refractivity (Wildman–Crippen MR) is 73.5 cm³/mol. The summed E-state index contributed by atoms with van der Waals surface area (Å²) >= 11 is 5.29. The van der Waals surface area contributed by atoms with Gasteiger partial charge in [-0.1, -0.05) is 0 Å². The fourth-order valence-corrected chi connectivity index (χ4v) is 3.87. The molecule has 2 heterocycles. The van der Waals surface area contributed by atoms with Crippen LogP contribution < -0.4 is 5.73 Å². The minimum absolute atomic E-state index is 0.0198. The standard InChI is InChI=1S/C12H18BrNO2S/c1-15-12(3-5-16-6-4-12)11(14)8-10-9(13)2-7-17-10/h2,7,11H,3-6,8,14H2,1H3. The molecule has 17 heavy (non-hydrogen) atoms. The Balaban J connectivity index is 2.07. The zero-order chi connectivity index (χ0) is 12.3. The molecule has 1 aliphatic rings. The number of methoxy groups -OCH3 is 1. The second kappa shape index (κ2) is 5.80. The van der Waals surface area contributed by atoms with Gasteiger partial charge in [-0.15, -0.1) is 11.3 Å². The molecule has 1 aromatic rings. The van der Waals surface area contributed by atoms with Crippen molar-refractivity contribution in [2.24, 2.45) is 5.73 Å². The maximum absolute atomic E-state index is 6.36. The van der Waals surface area contributed by atoms with Crippen LogP contribution >= 0.6 is 27.3 Å². The van der Waals surface area contributed by atoms with E-state index in [1.165, 1.54) is 4.88 Å². The molecule has 2 rings (SSSR count). The Kier molecular flexibility index (Phi) is 4.60. The number of rotatable bonds is 4. The van der Waals surface area contributed by atoms with Crippen LogP contribution in [0.1, 0.15) is 17.7 Å². The summed E-state index contributed by atoms with van der Waals surface area (Å²) in [6, 6.07) is 2.09. The van der Waals surface area contributed by atoms with Crippen LogP contribution in [0.4, 0.5) is 0 Å². The van der Waals surface area contributed by atoms with Gasteiger partial charge in [0.05, 0.1) is 5.60 Å². The van der Waals surface area contributed by atoms with Crippen molar-refractivity contribution in [3.8, 4) is 0 Å². The molecule has 0 saturated carbocycles. The summed E-state index contributed by atoms with van der Waals surface area (Å²) in [4.78, 5) is 1.29. The summed E-state index contributed by atoms with van der Waals surface area (Å²) < 4.78 is 12.3. The summed E-state index contributed by atoms with van der Waals surface area (Å²) in [5.74, 6) is 0. The van der Waals surface area contributed by atoms with Gasteiger partial charge in [0.25, 0.3) is 0 Å². The van der Waals surface area contributed by atoms with Gasteiger partial charge >= 0.3 is 0 Å². The molecule has 96 valence electrons. The van der Waals surface area contributed by atoms with E-state index in [0.717, 1.165) is 36.9 Å². The van der Waals surface area contributed by atoms with Gasteiger partial charge in [-0.25, -0.2) is 0 Å². The third-order valence-corrected chi connectivity index (χ3v) is 5.47. The molecule has 0 aromatic carbocycles. The topological polar surface area (TPSA) is 44.5 Å². The quantitative estimate of drug-likeness (QED) is 0.927. The van der Waals surface area contributed by atoms with E-state index < -0.39 is 0 Å². The third kappa shape index (κ3) is 2.90. The Hall–Kier alpha value is 0.0600. The van der Waals surface area contributed by atoms with Crippen LogP contribution in [0.5, 0.6) is 0 Å². The van der Waals surface area contributed by atoms with Crippen molar-refractivity contribution in [2.75, 3.05) is 20.3 Å². The largest absolute Gasteiger partial charge is 0.381 e. The molecule has 0 radical (unpaired) electrons. The van der Waals surface area contributed by atoms with Crippen LogP contribution in [0.3, 0.4) is 0 Å². The molecule has 3 nitrogen and oxygen atoms in total. The van der Waals surface area contributed by atoms with Crippen molar-refractivity contribution in [3.63, 3.8) is 0 Å². The number of halogens is 1. The summed E-state index contributed by atoms with van der Waals surface area (Å²) in [6.45, 7) is 1.49. The van der Waals surface area contributed by atoms with Crippen LogP contribution in [0, 0.1) is 0 Å². The average molecular weight is 320 g/mol. The highest BCUT2D eigenvalue weighted by Crippen LogP contribution is 2.32. The lowest BCUT2D eigenvalue weighted by Crippen LogP contribution is -2.53. The molecule has 5 heteroatoms. The molecule has 1 aromatic heterocycles. The number of nitrogens with two attached hydrogens (primary N) is 1. The van der Waals surface area contributed by atoms with Gasteiger partial charge in [-0.3, -0.25) is 0 Å². The molecule has 1 saturated heterocycles. The van der Waals surface area contributed by atoms with Gasteiger partial charge in [0, 0.05) is 55.0 Å². The second-order valence-electron chi connectivity index (χ2n) is 4.38. The summed E-state index contributed by atoms with van der Waals surface area (Å²) in [5, 5.41) is 2.08. The summed E-state index contributed by atoms with van der Waals surface area (Å²) in [7, 11) is 1.76. The molecule has 1 aliphatic heterocycles. The van der Waals surface area contributed by atoms with E-state index in [4.69, 9.17) is 15.2 Å². The zero-order valence-electron chi connectivity index (χ0n) is 9.95. The summed E-state index contributed by atoms with van der Waals surface area (Å²) in [6.07, 6.45) is 2.62. The van der Waals surface area contributed by atoms with Gasteiger partial charge in [0.15, 0.2) is 0 Å². The van der Waals surface area contributed by atoms with E-state index in [2.05, 4.69) is 27.4 Å². The van der Waals surface area contributed by atoms with Crippen molar-refractivity contribution in [3.05, 3.63) is 20.8 Å². The van der Waals surface area contributed by atoms with E-state index in [1.54, 1.807) is 18.4 Å². The van der Waals surface area contributed by atoms with Crippen molar-refractivity contribution in [2.45, 2.75) is 30.9 Å². The third-order valence-electron chi connectivity index (χ3n) is 3.52. The van der Waals surface area contributed by atoms with Crippen molar-refractivity contribution in [1.82, 2.24) is 0 Å². The van der Waals surface area contributed by atoms with Crippen LogP contribution in [-0.4, -0.2) is 32.0 Å². The van der Waals surface area contributed by atoms with E-state index in [9.17, 15) is 0 Å². The number of ether oxygens (including phenoxy) is 2. The highest BCUT2D eigenvalue weighted by Gasteiger charge is 2.38. The number of thiophene rings is 1. The first kappa shape index (κ1) is 13.5. The molecule has 0 spiro atoms. The lowest BCUT2D eigenvalue weighted by atomic mass is 9.84. The minimum Gasteiger partial charge on any atom is -0.381 e. The Morgan fingerprint density at radius 1 is 1.59 bits per heavy atom. The van der Waals surface area contributed by atoms with Gasteiger partial charge < -0.3 is 15.2 Å². The van der Waals surface area contributed by atoms with Crippen LogP contribution in [0.15, 0.2) is 15.9 Å². The molecule has 0 aliphatic carbocycles. The molecule has 0 bridgehead atoms. The summed E-state index contributed by atoms with van der Waals surface area (Å²) in [5.41, 5.74) is 6.14. The molecular weight excluding hydrogens is 302 g/mol. The predicted octanol–water partition coefficient (Wildman–Crippen LogP) is 2.58. The maximum atomic E-state index is 6.36. The van der Waals surface area contributed by atoms with E-state index in [1.807, 2.05) is 0 Å². The Labute approximate surface area is 114 Å². The molecule has 1 atom stereocenters. The van der Waals surface area contributed by atoms with E-state index >= 15 is 0 Å². The second-order valence-corrected chi connectivity index (χ2v) is 6.24. The molecule has 2 N–H and O–H groups in total. The van der Waals surface area contributed by atoms with E-state index in [0.29, 0.717) is 0 Å². The van der Waals surface area contributed by atoms with Gasteiger partial charge in [-0.2, -0.15) is 0 Å². The first-order valence-electron chi connectivity index (χ1n) is 5.78. The fraction of sp³-hybridized carbons (Fsp3) is 0.667. The fourth-order valence-electron chi connectivity index (χ4n) is 2.30. The molecule has 1 fully saturated rings. The molecule has 0 amide bonds. The average Bonchev–Trinajstić information content (AvgIpc) is 2.76. The van der Waals surface area contributed by atoms with Gasteiger partial charge in [0.2, 0.25) is 0 Å². The minimum atomic E-state index is -0.221. The number of hydrogen-bond donors (Lipinski definition) is 1. The lowest BCUT2D eigenvalue weighted by molar-refractivity contribution is -0.103. The highest BCUT2D eigenvalue weighted by atomic mass is 79.9. The SMILES string of the molecule is COC1(C(N)Cc2sccc2Br)CCOCC1. The molecule has 1 unspecified atom stereocenters. The Morgan fingerprint density at radius 3 is 2.82 bits per heavy atom. The highest BCUT2D eigenvalue weighted by molar-refractivity contribution is 9.10. The first-order chi connectivity index (χ1) is 8.18. The maximum Gasteiger partial charge on any atom is 0.0876 e. The van der Waals surface area contributed by atoms with Gasteiger partial charge in [-0.05, 0) is 27.4 Å². The van der Waals surface area contributed by atoms with Crippen molar-refractivity contribution < 1.29 is 9.47 Å². The van der Waals surface area contributed by atoms with Crippen LogP contribution in [0.25, 0.3) is 0 Å². The van der Waals surface area contributed by atoms with E-state index in [-0.39, 0.29) is 11.6 Å². The monoisotopic (exact) mass is 319 g/mol.